The zero-order valence-electron chi connectivity index (χ0n) is 12.9. The number of hydrogen-bond acceptors (Lipinski definition) is 4. The average molecular weight is 373 g/mol. The van der Waals surface area contributed by atoms with E-state index >= 15 is 0 Å². The number of carbonyl (C=O) groups is 1. The third kappa shape index (κ3) is 2.48. The van der Waals surface area contributed by atoms with E-state index < -0.39 is 24.3 Å². The molecule has 3 rings (SSSR count). The number of nitrogens with zero attached hydrogens (tertiary/aromatic N) is 4. The molecule has 0 aliphatic carbocycles. The molecule has 2 heterocycles. The van der Waals surface area contributed by atoms with Gasteiger partial charge in [0.2, 0.25) is 0 Å². The van der Waals surface area contributed by atoms with Crippen molar-refractivity contribution in [3.05, 3.63) is 28.3 Å². The summed E-state index contributed by atoms with van der Waals surface area (Å²) in [6.45, 7) is 1.48. The Morgan fingerprint density at radius 1 is 1.44 bits per heavy atom. The maximum absolute atomic E-state index is 13.8. The van der Waals surface area contributed by atoms with Crippen LogP contribution in [0.4, 0.5) is 23.7 Å². The number of halogens is 4. The van der Waals surface area contributed by atoms with Crippen LogP contribution in [0.1, 0.15) is 17.5 Å². The van der Waals surface area contributed by atoms with Gasteiger partial charge in [-0.3, -0.25) is 4.90 Å². The molecule has 25 heavy (non-hydrogen) atoms. The van der Waals surface area contributed by atoms with Crippen molar-refractivity contribution >= 4 is 29.0 Å². The summed E-state index contributed by atoms with van der Waals surface area (Å²) in [6, 6.07) is -0.0309. The Bertz CT molecular complexity index is 818. The van der Waals surface area contributed by atoms with Crippen molar-refractivity contribution in [3.8, 4) is 6.07 Å². The van der Waals surface area contributed by atoms with Crippen molar-refractivity contribution < 1.29 is 23.2 Å². The molecule has 0 radical (unpaired) electrons. The van der Waals surface area contributed by atoms with Gasteiger partial charge in [0.1, 0.15) is 12.1 Å². The summed E-state index contributed by atoms with van der Waals surface area (Å²) in [6.07, 6.45) is -4.66. The molecular formula is C15H12ClF3N4O2. The van der Waals surface area contributed by atoms with Gasteiger partial charge in [0.25, 0.3) is 0 Å². The van der Waals surface area contributed by atoms with E-state index in [1.165, 1.54) is 19.1 Å². The minimum Gasteiger partial charge on any atom is -0.411 e. The van der Waals surface area contributed by atoms with Crippen LogP contribution in [0, 0.1) is 18.3 Å². The van der Waals surface area contributed by atoms with Gasteiger partial charge in [-0.15, -0.1) is 0 Å². The number of alkyl halides is 3. The molecule has 2 saturated heterocycles. The summed E-state index contributed by atoms with van der Waals surface area (Å²) in [5.74, 6) is 0. The number of benzene rings is 1. The Kier molecular flexibility index (Phi) is 4.03. The Morgan fingerprint density at radius 3 is 2.68 bits per heavy atom. The summed E-state index contributed by atoms with van der Waals surface area (Å²) >= 11 is 6.04. The highest BCUT2D eigenvalue weighted by molar-refractivity contribution is 6.33. The lowest BCUT2D eigenvalue weighted by Gasteiger charge is -2.29. The van der Waals surface area contributed by atoms with Crippen LogP contribution >= 0.6 is 11.6 Å². The van der Waals surface area contributed by atoms with Gasteiger partial charge in [-0.05, 0) is 24.6 Å². The van der Waals surface area contributed by atoms with Gasteiger partial charge < -0.3 is 10.1 Å². The van der Waals surface area contributed by atoms with Gasteiger partial charge in [-0.1, -0.05) is 16.8 Å². The molecule has 1 aromatic carbocycles. The lowest BCUT2D eigenvalue weighted by Crippen LogP contribution is -2.50. The van der Waals surface area contributed by atoms with Gasteiger partial charge in [0.15, 0.2) is 6.04 Å². The van der Waals surface area contributed by atoms with Gasteiger partial charge >= 0.3 is 12.2 Å². The number of anilines is 1. The predicted molar refractivity (Wildman–Crippen MR) is 83.0 cm³/mol. The van der Waals surface area contributed by atoms with Gasteiger partial charge in [-0.25, -0.2) is 4.79 Å². The van der Waals surface area contributed by atoms with Gasteiger partial charge in [0, 0.05) is 13.0 Å². The molecule has 0 unspecified atom stereocenters. The average Bonchev–Trinajstić information content (AvgIpc) is 3.08. The van der Waals surface area contributed by atoms with E-state index in [1.54, 1.807) is 0 Å². The lowest BCUT2D eigenvalue weighted by atomic mass is 10.0. The molecular weight excluding hydrogens is 361 g/mol. The highest BCUT2D eigenvalue weighted by atomic mass is 35.5. The summed E-state index contributed by atoms with van der Waals surface area (Å²) in [4.78, 5) is 14.3. The number of urea groups is 1. The predicted octanol–water partition coefficient (Wildman–Crippen LogP) is 3.30. The third-order valence-electron chi connectivity index (χ3n) is 4.52. The summed E-state index contributed by atoms with van der Waals surface area (Å²) in [5.41, 5.74) is 0.196. The molecule has 6 nitrogen and oxygen atoms in total. The maximum atomic E-state index is 13.8. The van der Waals surface area contributed by atoms with Crippen LogP contribution in [0.5, 0.6) is 0 Å². The van der Waals surface area contributed by atoms with E-state index in [-0.39, 0.29) is 40.5 Å². The van der Waals surface area contributed by atoms with E-state index in [4.69, 9.17) is 22.1 Å². The highest BCUT2D eigenvalue weighted by Gasteiger charge is 2.62. The first kappa shape index (κ1) is 17.4. The molecule has 2 aliphatic heterocycles. The fourth-order valence-electron chi connectivity index (χ4n) is 3.38. The topological polar surface area (TPSA) is 79.9 Å². The Labute approximate surface area is 145 Å². The van der Waals surface area contributed by atoms with Crippen LogP contribution in [0.2, 0.25) is 5.02 Å². The summed E-state index contributed by atoms with van der Waals surface area (Å²) in [7, 11) is 0. The molecule has 0 spiro atoms. The van der Waals surface area contributed by atoms with Crippen molar-refractivity contribution in [1.82, 2.24) is 4.90 Å². The fraction of sp³-hybridized carbons (Fsp3) is 0.400. The van der Waals surface area contributed by atoms with Crippen molar-refractivity contribution in [2.45, 2.75) is 31.6 Å². The van der Waals surface area contributed by atoms with Crippen molar-refractivity contribution in [2.24, 2.45) is 5.16 Å². The molecule has 10 heteroatoms. The van der Waals surface area contributed by atoms with Crippen LogP contribution in [-0.2, 0) is 0 Å². The highest BCUT2D eigenvalue weighted by Crippen LogP contribution is 2.43. The van der Waals surface area contributed by atoms with Crippen molar-refractivity contribution in [1.29, 1.82) is 5.26 Å². The largest absolute Gasteiger partial charge is 0.411 e. The number of oxime groups is 1. The van der Waals surface area contributed by atoms with E-state index in [0.29, 0.717) is 4.90 Å². The first-order chi connectivity index (χ1) is 11.7. The number of nitriles is 1. The Balaban J connectivity index is 2.17. The fourth-order valence-corrected chi connectivity index (χ4v) is 3.58. The third-order valence-corrected chi connectivity index (χ3v) is 5.00. The first-order valence-corrected chi connectivity index (χ1v) is 7.66. The van der Waals surface area contributed by atoms with Crippen LogP contribution in [0.15, 0.2) is 17.3 Å². The number of amides is 2. The molecule has 2 aliphatic rings. The summed E-state index contributed by atoms with van der Waals surface area (Å²) < 4.78 is 41.3. The van der Waals surface area contributed by atoms with Crippen molar-refractivity contribution in [3.63, 3.8) is 0 Å². The molecule has 0 saturated carbocycles. The second-order valence-corrected chi connectivity index (χ2v) is 6.18. The molecule has 2 fully saturated rings. The Morgan fingerprint density at radius 2 is 2.12 bits per heavy atom. The zero-order chi connectivity index (χ0) is 18.5. The number of fused-ring (bicyclic) bond motifs is 1. The molecule has 2 amide bonds. The molecule has 0 bridgehead atoms. The molecule has 2 atom stereocenters. The van der Waals surface area contributed by atoms with E-state index in [2.05, 4.69) is 5.16 Å². The number of rotatable bonds is 1. The van der Waals surface area contributed by atoms with Crippen LogP contribution in [-0.4, -0.2) is 46.7 Å². The van der Waals surface area contributed by atoms with Crippen LogP contribution in [0.25, 0.3) is 0 Å². The quantitative estimate of drug-likeness (QED) is 0.606. The smallest absolute Gasteiger partial charge is 0.411 e. The first-order valence-electron chi connectivity index (χ1n) is 7.29. The van der Waals surface area contributed by atoms with Crippen LogP contribution < -0.4 is 4.90 Å². The Hall–Kier alpha value is -2.47. The standard InChI is InChI=1S/C15H12ClF3N4O2/c1-7-10(3-2-8(6-20)11(7)16)23-13(15(17,18)19)12-9(21-25)4-5-22(12)14(23)24/h2-3,12-13,25H,4-5H2,1H3/t12-,13-/m0/s1. The van der Waals surface area contributed by atoms with E-state index in [0.717, 1.165) is 4.90 Å². The maximum Gasteiger partial charge on any atom is 0.411 e. The van der Waals surface area contributed by atoms with Crippen molar-refractivity contribution in [2.75, 3.05) is 11.4 Å². The lowest BCUT2D eigenvalue weighted by molar-refractivity contribution is -0.147. The molecule has 0 aromatic heterocycles. The second kappa shape index (κ2) is 5.81. The van der Waals surface area contributed by atoms with E-state index in [1.807, 2.05) is 6.07 Å². The minimum absolute atomic E-state index is 0.00293. The van der Waals surface area contributed by atoms with Crippen LogP contribution in [0.3, 0.4) is 0 Å². The number of carbonyl (C=O) groups excluding carboxylic acids is 1. The molecule has 1 N–H and O–H groups in total. The number of hydrogen-bond donors (Lipinski definition) is 1. The molecule has 1 aromatic rings. The van der Waals surface area contributed by atoms with Gasteiger partial charge in [0.05, 0.1) is 22.0 Å². The molecule has 132 valence electrons. The second-order valence-electron chi connectivity index (χ2n) is 5.80. The monoisotopic (exact) mass is 372 g/mol. The van der Waals surface area contributed by atoms with Gasteiger partial charge in [-0.2, -0.15) is 18.4 Å². The minimum atomic E-state index is -4.75. The zero-order valence-corrected chi connectivity index (χ0v) is 13.6. The SMILES string of the molecule is Cc1c(N2C(=O)N3CCC(=NO)[C@H]3[C@H]2C(F)(F)F)ccc(C#N)c1Cl. The van der Waals surface area contributed by atoms with E-state index in [9.17, 15) is 18.0 Å². The normalized spacial score (nSPS) is 24.8. The summed E-state index contributed by atoms with van der Waals surface area (Å²) in [5, 5.41) is 20.9.